The molecule has 0 spiro atoms. The zero-order valence-electron chi connectivity index (χ0n) is 10.3. The van der Waals surface area contributed by atoms with Gasteiger partial charge in [0.15, 0.2) is 0 Å². The van der Waals surface area contributed by atoms with E-state index < -0.39 is 0 Å². The van der Waals surface area contributed by atoms with Gasteiger partial charge in [-0.3, -0.25) is 9.59 Å². The minimum Gasteiger partial charge on any atom is -0.469 e. The Bertz CT molecular complexity index is 636. The smallest absolute Gasteiger partial charge is 0.253 e. The standard InChI is InChI=1S/C14H14N2O3/c17-13-5-4-9(8-15-13)14(18)16-11-2-1-3-12-10(11)6-7-19-12/h4-8,11H,1-3H2,(H,15,17)(H,16,18). The molecular formula is C14H14N2O3. The van der Waals surface area contributed by atoms with Gasteiger partial charge in [-0.05, 0) is 25.0 Å². The molecule has 2 aromatic rings. The maximum Gasteiger partial charge on any atom is 0.253 e. The molecule has 1 amide bonds. The number of H-pyrrole nitrogens is 1. The first-order valence-electron chi connectivity index (χ1n) is 6.30. The van der Waals surface area contributed by atoms with Crippen molar-refractivity contribution in [3.05, 3.63) is 57.9 Å². The van der Waals surface area contributed by atoms with Crippen molar-refractivity contribution in [1.29, 1.82) is 0 Å². The average molecular weight is 258 g/mol. The number of pyridine rings is 1. The lowest BCUT2D eigenvalue weighted by Gasteiger charge is -2.22. The molecule has 0 aromatic carbocycles. The van der Waals surface area contributed by atoms with Gasteiger partial charge in [-0.2, -0.15) is 0 Å². The highest BCUT2D eigenvalue weighted by atomic mass is 16.3. The second kappa shape index (κ2) is 4.76. The number of hydrogen-bond acceptors (Lipinski definition) is 3. The number of fused-ring (bicyclic) bond motifs is 1. The van der Waals surface area contributed by atoms with E-state index in [1.807, 2.05) is 6.07 Å². The molecule has 1 atom stereocenters. The summed E-state index contributed by atoms with van der Waals surface area (Å²) in [7, 11) is 0. The van der Waals surface area contributed by atoms with Crippen LogP contribution in [0.5, 0.6) is 0 Å². The Hall–Kier alpha value is -2.30. The molecule has 1 aliphatic rings. The van der Waals surface area contributed by atoms with Crippen molar-refractivity contribution < 1.29 is 9.21 Å². The minimum absolute atomic E-state index is 0.0121. The molecule has 1 unspecified atom stereocenters. The SMILES string of the molecule is O=C(NC1CCCc2occc21)c1ccc(=O)[nH]c1. The van der Waals surface area contributed by atoms with E-state index in [1.165, 1.54) is 18.3 Å². The summed E-state index contributed by atoms with van der Waals surface area (Å²) >= 11 is 0. The summed E-state index contributed by atoms with van der Waals surface area (Å²) in [5.41, 5.74) is 1.30. The Balaban J connectivity index is 1.78. The van der Waals surface area contributed by atoms with Crippen molar-refractivity contribution in [2.75, 3.05) is 0 Å². The van der Waals surface area contributed by atoms with Crippen LogP contribution >= 0.6 is 0 Å². The van der Waals surface area contributed by atoms with Crippen molar-refractivity contribution >= 4 is 5.91 Å². The number of carbonyl (C=O) groups is 1. The van der Waals surface area contributed by atoms with Crippen LogP contribution in [-0.4, -0.2) is 10.9 Å². The third-order valence-electron chi connectivity index (χ3n) is 3.40. The van der Waals surface area contributed by atoms with Crippen LogP contribution in [-0.2, 0) is 6.42 Å². The topological polar surface area (TPSA) is 75.1 Å². The summed E-state index contributed by atoms with van der Waals surface area (Å²) in [5.74, 6) is 0.772. The van der Waals surface area contributed by atoms with Gasteiger partial charge in [0, 0.05) is 24.2 Å². The van der Waals surface area contributed by atoms with E-state index in [9.17, 15) is 9.59 Å². The van der Waals surface area contributed by atoms with Crippen molar-refractivity contribution in [3.8, 4) is 0 Å². The van der Waals surface area contributed by atoms with Gasteiger partial charge in [0.1, 0.15) is 5.76 Å². The summed E-state index contributed by atoms with van der Waals surface area (Å²) in [5, 5.41) is 2.98. The van der Waals surface area contributed by atoms with E-state index in [2.05, 4.69) is 10.3 Å². The van der Waals surface area contributed by atoms with Crippen LogP contribution in [0.15, 0.2) is 39.9 Å². The fraction of sp³-hybridized carbons (Fsp3) is 0.286. The summed E-state index contributed by atoms with van der Waals surface area (Å²) in [6, 6.07) is 4.76. The lowest BCUT2D eigenvalue weighted by atomic mass is 9.93. The van der Waals surface area contributed by atoms with E-state index in [0.717, 1.165) is 30.6 Å². The molecule has 0 bridgehead atoms. The number of amides is 1. The molecule has 0 radical (unpaired) electrons. The van der Waals surface area contributed by atoms with Gasteiger partial charge in [0.25, 0.3) is 5.91 Å². The van der Waals surface area contributed by atoms with Gasteiger partial charge in [0.2, 0.25) is 5.56 Å². The first-order valence-corrected chi connectivity index (χ1v) is 6.30. The molecule has 19 heavy (non-hydrogen) atoms. The second-order valence-corrected chi connectivity index (χ2v) is 4.66. The Morgan fingerprint density at radius 2 is 2.26 bits per heavy atom. The van der Waals surface area contributed by atoms with E-state index >= 15 is 0 Å². The molecule has 0 saturated heterocycles. The number of aryl methyl sites for hydroxylation is 1. The Morgan fingerprint density at radius 3 is 3.05 bits per heavy atom. The number of hydrogen-bond donors (Lipinski definition) is 2. The van der Waals surface area contributed by atoms with Crippen molar-refractivity contribution in [2.24, 2.45) is 0 Å². The van der Waals surface area contributed by atoms with Crippen LogP contribution < -0.4 is 10.9 Å². The van der Waals surface area contributed by atoms with Crippen LogP contribution in [0.4, 0.5) is 0 Å². The monoisotopic (exact) mass is 258 g/mol. The van der Waals surface area contributed by atoms with Gasteiger partial charge in [-0.1, -0.05) is 0 Å². The summed E-state index contributed by atoms with van der Waals surface area (Å²) in [4.78, 5) is 25.6. The number of carbonyl (C=O) groups excluding carboxylic acids is 1. The van der Waals surface area contributed by atoms with Gasteiger partial charge in [-0.15, -0.1) is 0 Å². The highest BCUT2D eigenvalue weighted by Gasteiger charge is 2.24. The molecular weight excluding hydrogens is 244 g/mol. The first-order chi connectivity index (χ1) is 9.24. The van der Waals surface area contributed by atoms with E-state index in [1.54, 1.807) is 6.26 Å². The van der Waals surface area contributed by atoms with Crippen LogP contribution in [0, 0.1) is 0 Å². The quantitative estimate of drug-likeness (QED) is 0.862. The summed E-state index contributed by atoms with van der Waals surface area (Å²) in [6.45, 7) is 0. The number of nitrogens with one attached hydrogen (secondary N) is 2. The number of aromatic amines is 1. The predicted octanol–water partition coefficient (Wildman–Crippen LogP) is 1.78. The Kier molecular flexibility index (Phi) is 2.95. The molecule has 5 nitrogen and oxygen atoms in total. The zero-order chi connectivity index (χ0) is 13.2. The molecule has 2 heterocycles. The van der Waals surface area contributed by atoms with Crippen LogP contribution in [0.2, 0.25) is 0 Å². The lowest BCUT2D eigenvalue weighted by Crippen LogP contribution is -2.30. The summed E-state index contributed by atoms with van der Waals surface area (Å²) < 4.78 is 5.39. The van der Waals surface area contributed by atoms with E-state index in [-0.39, 0.29) is 17.5 Å². The predicted molar refractivity (Wildman–Crippen MR) is 68.9 cm³/mol. The van der Waals surface area contributed by atoms with Crippen molar-refractivity contribution in [3.63, 3.8) is 0 Å². The summed E-state index contributed by atoms with van der Waals surface area (Å²) in [6.07, 6.45) is 5.91. The Labute approximate surface area is 109 Å². The lowest BCUT2D eigenvalue weighted by molar-refractivity contribution is 0.0932. The molecule has 98 valence electrons. The maximum absolute atomic E-state index is 12.1. The highest BCUT2D eigenvalue weighted by molar-refractivity contribution is 5.94. The molecule has 1 aliphatic carbocycles. The molecule has 3 rings (SSSR count). The van der Waals surface area contributed by atoms with Crippen molar-refractivity contribution in [1.82, 2.24) is 10.3 Å². The van der Waals surface area contributed by atoms with E-state index in [0.29, 0.717) is 5.56 Å². The largest absolute Gasteiger partial charge is 0.469 e. The third kappa shape index (κ3) is 2.31. The fourth-order valence-electron chi connectivity index (χ4n) is 2.43. The van der Waals surface area contributed by atoms with Gasteiger partial charge < -0.3 is 14.7 Å². The zero-order valence-corrected chi connectivity index (χ0v) is 10.3. The van der Waals surface area contributed by atoms with Crippen LogP contribution in [0.25, 0.3) is 0 Å². The molecule has 2 N–H and O–H groups in total. The number of rotatable bonds is 2. The maximum atomic E-state index is 12.1. The molecule has 0 fully saturated rings. The first kappa shape index (κ1) is 11.8. The molecule has 5 heteroatoms. The normalized spacial score (nSPS) is 17.8. The molecule has 2 aromatic heterocycles. The molecule has 0 saturated carbocycles. The second-order valence-electron chi connectivity index (χ2n) is 4.66. The van der Waals surface area contributed by atoms with Gasteiger partial charge >= 0.3 is 0 Å². The molecule has 0 aliphatic heterocycles. The number of furan rings is 1. The van der Waals surface area contributed by atoms with Crippen LogP contribution in [0.1, 0.15) is 40.6 Å². The Morgan fingerprint density at radius 1 is 1.37 bits per heavy atom. The third-order valence-corrected chi connectivity index (χ3v) is 3.40. The fourth-order valence-corrected chi connectivity index (χ4v) is 2.43. The average Bonchev–Trinajstić information content (AvgIpc) is 2.89. The van der Waals surface area contributed by atoms with Crippen molar-refractivity contribution in [2.45, 2.75) is 25.3 Å². The minimum atomic E-state index is -0.216. The van der Waals surface area contributed by atoms with Crippen LogP contribution in [0.3, 0.4) is 0 Å². The highest BCUT2D eigenvalue weighted by Crippen LogP contribution is 2.30. The van der Waals surface area contributed by atoms with E-state index in [4.69, 9.17) is 4.42 Å². The number of aromatic nitrogens is 1. The van der Waals surface area contributed by atoms with Gasteiger partial charge in [0.05, 0.1) is 17.9 Å². The van der Waals surface area contributed by atoms with Gasteiger partial charge in [-0.25, -0.2) is 0 Å².